The van der Waals surface area contributed by atoms with Crippen LogP contribution < -0.4 is 9.47 Å². The average molecular weight is 457 g/mol. The van der Waals surface area contributed by atoms with Gasteiger partial charge in [-0.15, -0.1) is 11.3 Å². The van der Waals surface area contributed by atoms with Crippen molar-refractivity contribution >= 4 is 17.2 Å². The molecule has 0 bridgehead atoms. The first-order chi connectivity index (χ1) is 15.6. The summed E-state index contributed by atoms with van der Waals surface area (Å²) in [7, 11) is 3.21. The summed E-state index contributed by atoms with van der Waals surface area (Å²) in [6, 6.07) is 15.3. The molecule has 0 saturated carbocycles. The predicted octanol–water partition coefficient (Wildman–Crippen LogP) is 3.44. The highest BCUT2D eigenvalue weighted by Crippen LogP contribution is 2.30. The molecular weight excluding hydrogens is 428 g/mol. The third-order valence-corrected chi connectivity index (χ3v) is 5.70. The monoisotopic (exact) mass is 456 g/mol. The van der Waals surface area contributed by atoms with Crippen LogP contribution in [0.15, 0.2) is 53.9 Å². The molecule has 0 saturated heterocycles. The van der Waals surface area contributed by atoms with E-state index in [2.05, 4.69) is 4.98 Å². The van der Waals surface area contributed by atoms with E-state index in [1.165, 1.54) is 11.3 Å². The first kappa shape index (κ1) is 23.7. The van der Waals surface area contributed by atoms with E-state index in [4.69, 9.17) is 14.2 Å². The van der Waals surface area contributed by atoms with Gasteiger partial charge >= 0.3 is 0 Å². The number of rotatable bonds is 12. The summed E-state index contributed by atoms with van der Waals surface area (Å²) in [4.78, 5) is 19.1. The van der Waals surface area contributed by atoms with Gasteiger partial charge in [-0.1, -0.05) is 36.4 Å². The van der Waals surface area contributed by atoms with Crippen molar-refractivity contribution in [2.75, 3.05) is 27.4 Å². The van der Waals surface area contributed by atoms with E-state index in [1.807, 2.05) is 48.5 Å². The minimum absolute atomic E-state index is 0.0332. The molecule has 0 fully saturated rings. The molecule has 170 valence electrons. The Morgan fingerprint density at radius 1 is 1.09 bits per heavy atom. The van der Waals surface area contributed by atoms with Crippen LogP contribution in [0.25, 0.3) is 0 Å². The largest absolute Gasteiger partial charge is 0.493 e. The molecule has 3 rings (SSSR count). The summed E-state index contributed by atoms with van der Waals surface area (Å²) >= 11 is 1.43. The molecule has 1 amide bonds. The van der Waals surface area contributed by atoms with Gasteiger partial charge in [0.05, 0.1) is 32.4 Å². The number of carbonyl (C=O) groups is 1. The van der Waals surface area contributed by atoms with Crippen LogP contribution in [0, 0.1) is 0 Å². The zero-order chi connectivity index (χ0) is 22.8. The van der Waals surface area contributed by atoms with E-state index in [1.54, 1.807) is 24.5 Å². The van der Waals surface area contributed by atoms with Crippen LogP contribution in [0.5, 0.6) is 11.5 Å². The lowest BCUT2D eigenvalue weighted by Gasteiger charge is -2.23. The van der Waals surface area contributed by atoms with Gasteiger partial charge in [-0.25, -0.2) is 4.98 Å². The number of thiazole rings is 1. The molecule has 7 nitrogen and oxygen atoms in total. The highest BCUT2D eigenvalue weighted by Gasteiger charge is 2.16. The predicted molar refractivity (Wildman–Crippen MR) is 123 cm³/mol. The van der Waals surface area contributed by atoms with E-state index in [0.717, 1.165) is 16.1 Å². The molecule has 0 unspecified atom stereocenters. The average Bonchev–Trinajstić information content (AvgIpc) is 3.29. The van der Waals surface area contributed by atoms with Crippen molar-refractivity contribution in [2.24, 2.45) is 0 Å². The summed E-state index contributed by atoms with van der Waals surface area (Å²) in [6.45, 7) is 1.56. The first-order valence-electron chi connectivity index (χ1n) is 10.3. The third kappa shape index (κ3) is 6.78. The zero-order valence-corrected chi connectivity index (χ0v) is 19.1. The first-order valence-corrected chi connectivity index (χ1v) is 11.2. The van der Waals surface area contributed by atoms with Gasteiger partial charge in [-0.2, -0.15) is 0 Å². The molecule has 2 aromatic carbocycles. The Morgan fingerprint density at radius 2 is 1.91 bits per heavy atom. The van der Waals surface area contributed by atoms with Crippen molar-refractivity contribution in [3.05, 3.63) is 75.7 Å². The summed E-state index contributed by atoms with van der Waals surface area (Å²) in [5, 5.41) is 11.7. The van der Waals surface area contributed by atoms with Gasteiger partial charge in [-0.05, 0) is 23.3 Å². The van der Waals surface area contributed by atoms with Crippen molar-refractivity contribution in [1.29, 1.82) is 0 Å². The summed E-state index contributed by atoms with van der Waals surface area (Å²) in [6.07, 6.45) is 0.335. The van der Waals surface area contributed by atoms with Crippen molar-refractivity contribution < 1.29 is 24.1 Å². The number of hydrogen-bond donors (Lipinski definition) is 1. The number of carbonyl (C=O) groups excluding carboxylic acids is 1. The van der Waals surface area contributed by atoms with Gasteiger partial charge in [0, 0.05) is 25.6 Å². The highest BCUT2D eigenvalue weighted by atomic mass is 32.1. The molecule has 0 aliphatic heterocycles. The second-order valence-electron chi connectivity index (χ2n) is 7.14. The number of nitrogens with zero attached hydrogens (tertiary/aromatic N) is 2. The quantitative estimate of drug-likeness (QED) is 0.450. The van der Waals surface area contributed by atoms with Crippen molar-refractivity contribution in [1.82, 2.24) is 9.88 Å². The Kier molecular flexibility index (Phi) is 9.03. The van der Waals surface area contributed by atoms with Gasteiger partial charge in [0.2, 0.25) is 5.91 Å². The molecule has 0 radical (unpaired) electrons. The fraction of sp³-hybridized carbons (Fsp3) is 0.333. The molecule has 3 aromatic rings. The van der Waals surface area contributed by atoms with E-state index in [9.17, 15) is 9.90 Å². The maximum Gasteiger partial charge on any atom is 0.227 e. The molecule has 0 spiro atoms. The van der Waals surface area contributed by atoms with E-state index in [0.29, 0.717) is 43.3 Å². The summed E-state index contributed by atoms with van der Waals surface area (Å²) in [5.74, 6) is 1.21. The molecule has 0 aliphatic rings. The molecule has 8 heteroatoms. The smallest absolute Gasteiger partial charge is 0.227 e. The van der Waals surface area contributed by atoms with Gasteiger partial charge in [0.25, 0.3) is 0 Å². The maximum absolute atomic E-state index is 13.0. The zero-order valence-electron chi connectivity index (χ0n) is 18.3. The fourth-order valence-electron chi connectivity index (χ4n) is 3.16. The number of hydrogen-bond acceptors (Lipinski definition) is 7. The topological polar surface area (TPSA) is 81.1 Å². The summed E-state index contributed by atoms with van der Waals surface area (Å²) < 4.78 is 16.6. The van der Waals surface area contributed by atoms with Crippen molar-refractivity contribution in [2.45, 2.75) is 26.2 Å². The Hall–Kier alpha value is -2.94. The highest BCUT2D eigenvalue weighted by molar-refractivity contribution is 7.09. The number of aromatic nitrogens is 1. The van der Waals surface area contributed by atoms with Gasteiger partial charge < -0.3 is 24.2 Å². The van der Waals surface area contributed by atoms with Crippen LogP contribution in [0.2, 0.25) is 0 Å². The van der Waals surface area contributed by atoms with Crippen LogP contribution in [-0.2, 0) is 35.7 Å². The molecule has 1 heterocycles. The molecule has 1 aromatic heterocycles. The van der Waals surface area contributed by atoms with Crippen LogP contribution in [0.1, 0.15) is 21.8 Å². The lowest BCUT2D eigenvalue weighted by Crippen LogP contribution is -2.34. The normalized spacial score (nSPS) is 10.7. The minimum Gasteiger partial charge on any atom is -0.493 e. The van der Waals surface area contributed by atoms with E-state index in [-0.39, 0.29) is 19.1 Å². The minimum atomic E-state index is -0.0936. The van der Waals surface area contributed by atoms with Gasteiger partial charge in [-0.3, -0.25) is 4.79 Å². The second-order valence-corrected chi connectivity index (χ2v) is 8.08. The van der Waals surface area contributed by atoms with Crippen LogP contribution >= 0.6 is 11.3 Å². The molecule has 0 aliphatic carbocycles. The Labute approximate surface area is 192 Å². The van der Waals surface area contributed by atoms with Crippen LogP contribution in [0.3, 0.4) is 0 Å². The number of methoxy groups -OCH3 is 2. The van der Waals surface area contributed by atoms with Crippen molar-refractivity contribution in [3.8, 4) is 11.5 Å². The molecule has 1 N–H and O–H groups in total. The van der Waals surface area contributed by atoms with Crippen molar-refractivity contribution in [3.63, 3.8) is 0 Å². The number of aliphatic hydroxyl groups is 1. The van der Waals surface area contributed by atoms with Gasteiger partial charge in [0.1, 0.15) is 11.6 Å². The van der Waals surface area contributed by atoms with Gasteiger partial charge in [0.15, 0.2) is 11.5 Å². The third-order valence-electron chi connectivity index (χ3n) is 4.83. The Bertz CT molecular complexity index is 993. The Balaban J connectivity index is 1.71. The van der Waals surface area contributed by atoms with Crippen LogP contribution in [0.4, 0.5) is 0 Å². The standard InChI is InChI=1S/C24H28N2O5S/c1-29-11-10-26(24(28)13-18-6-4-3-5-7-18)14-19-8-9-21(30-2)22(12-19)31-16-23-25-20(15-27)17-32-23/h3-9,12,17,27H,10-11,13-16H2,1-2H3. The number of ether oxygens (including phenoxy) is 3. The lowest BCUT2D eigenvalue weighted by atomic mass is 10.1. The van der Waals surface area contributed by atoms with E-state index < -0.39 is 0 Å². The number of aliphatic hydroxyl groups excluding tert-OH is 1. The fourth-order valence-corrected chi connectivity index (χ4v) is 3.85. The maximum atomic E-state index is 13.0. The second kappa shape index (κ2) is 12.2. The number of amides is 1. The van der Waals surface area contributed by atoms with Crippen LogP contribution in [-0.4, -0.2) is 48.3 Å². The SMILES string of the molecule is COCCN(Cc1ccc(OC)c(OCc2nc(CO)cs2)c1)C(=O)Cc1ccccc1. The summed E-state index contributed by atoms with van der Waals surface area (Å²) in [5.41, 5.74) is 2.53. The molecular formula is C24H28N2O5S. The Morgan fingerprint density at radius 3 is 2.59 bits per heavy atom. The number of benzene rings is 2. The molecule has 32 heavy (non-hydrogen) atoms. The van der Waals surface area contributed by atoms with E-state index >= 15 is 0 Å². The lowest BCUT2D eigenvalue weighted by molar-refractivity contribution is -0.131. The molecule has 0 atom stereocenters.